The van der Waals surface area contributed by atoms with Crippen LogP contribution in [0.3, 0.4) is 0 Å². The van der Waals surface area contributed by atoms with Crippen LogP contribution in [0.25, 0.3) is 0 Å². The highest BCUT2D eigenvalue weighted by Crippen LogP contribution is 2.77. The molecule has 5 aliphatic carbocycles. The van der Waals surface area contributed by atoms with Crippen molar-refractivity contribution in [3.63, 3.8) is 0 Å². The highest BCUT2D eigenvalue weighted by molar-refractivity contribution is 5.76. The van der Waals surface area contributed by atoms with Crippen LogP contribution in [0, 0.1) is 56.7 Å². The average molecular weight is 604 g/mol. The van der Waals surface area contributed by atoms with Gasteiger partial charge in [-0.25, -0.2) is 0 Å². The summed E-state index contributed by atoms with van der Waals surface area (Å²) in [4.78, 5) is 26.2. The summed E-state index contributed by atoms with van der Waals surface area (Å²) in [7, 11) is 0. The van der Waals surface area contributed by atoms with Crippen LogP contribution in [0.5, 0.6) is 0 Å². The molecule has 0 bridgehead atoms. The van der Waals surface area contributed by atoms with Crippen LogP contribution in [0.1, 0.15) is 111 Å². The van der Waals surface area contributed by atoms with E-state index in [1.807, 2.05) is 30.3 Å². The maximum atomic E-state index is 13.3. The van der Waals surface area contributed by atoms with Gasteiger partial charge in [-0.15, -0.1) is 0 Å². The lowest BCUT2D eigenvalue weighted by atomic mass is 9.32. The molecule has 5 saturated carbocycles. The Labute approximate surface area is 265 Å². The maximum absolute atomic E-state index is 13.3. The molecule has 5 nitrogen and oxygen atoms in total. The molecule has 5 heteroatoms. The molecule has 44 heavy (non-hydrogen) atoms. The van der Waals surface area contributed by atoms with E-state index in [9.17, 15) is 14.7 Å². The third-order valence-corrected chi connectivity index (χ3v) is 15.3. The molecule has 242 valence electrons. The molecule has 11 atom stereocenters. The summed E-state index contributed by atoms with van der Waals surface area (Å²) >= 11 is 0. The molecule has 5 fully saturated rings. The third-order valence-electron chi connectivity index (χ3n) is 15.3. The second kappa shape index (κ2) is 10.7. The number of carbonyl (C=O) groups excluding carboxylic acids is 1. The highest BCUT2D eigenvalue weighted by Gasteiger charge is 2.72. The number of allylic oxidation sites excluding steroid dienone is 1. The first-order valence-electron chi connectivity index (χ1n) is 17.5. The van der Waals surface area contributed by atoms with Crippen LogP contribution in [0.15, 0.2) is 42.5 Å². The van der Waals surface area contributed by atoms with E-state index < -0.39 is 17.4 Å². The topological polar surface area (TPSA) is 89.6 Å². The first kappa shape index (κ1) is 31.8. The van der Waals surface area contributed by atoms with Crippen molar-refractivity contribution in [2.24, 2.45) is 62.4 Å². The van der Waals surface area contributed by atoms with Gasteiger partial charge in [-0.2, -0.15) is 0 Å². The molecule has 0 saturated heterocycles. The van der Waals surface area contributed by atoms with E-state index in [1.54, 1.807) is 0 Å². The normalized spacial score (nSPS) is 44.7. The summed E-state index contributed by atoms with van der Waals surface area (Å²) in [6.45, 7) is 18.9. The van der Waals surface area contributed by atoms with Crippen molar-refractivity contribution in [3.8, 4) is 0 Å². The maximum Gasteiger partial charge on any atom is 0.323 e. The Kier molecular flexibility index (Phi) is 7.75. The predicted octanol–water partition coefficient (Wildman–Crippen LogP) is 8.21. The number of fused-ring (bicyclic) bond motifs is 7. The minimum absolute atomic E-state index is 0.114. The van der Waals surface area contributed by atoms with E-state index in [1.165, 1.54) is 12.0 Å². The number of carbonyl (C=O) groups is 2. The quantitative estimate of drug-likeness (QED) is 0.253. The van der Waals surface area contributed by atoms with Crippen molar-refractivity contribution < 1.29 is 19.4 Å². The second-order valence-corrected chi connectivity index (χ2v) is 17.2. The van der Waals surface area contributed by atoms with E-state index in [4.69, 9.17) is 10.5 Å². The molecule has 0 aromatic heterocycles. The zero-order valence-corrected chi connectivity index (χ0v) is 28.2. The van der Waals surface area contributed by atoms with Gasteiger partial charge in [0.1, 0.15) is 12.1 Å². The predicted molar refractivity (Wildman–Crippen MR) is 175 cm³/mol. The van der Waals surface area contributed by atoms with Crippen molar-refractivity contribution in [3.05, 3.63) is 48.0 Å². The van der Waals surface area contributed by atoms with Gasteiger partial charge in [-0.1, -0.05) is 77.1 Å². The Balaban J connectivity index is 1.24. The van der Waals surface area contributed by atoms with E-state index >= 15 is 0 Å². The number of ether oxygens (including phenoxy) is 1. The van der Waals surface area contributed by atoms with Gasteiger partial charge in [-0.3, -0.25) is 9.59 Å². The zero-order valence-electron chi connectivity index (χ0n) is 28.2. The Morgan fingerprint density at radius 1 is 0.909 bits per heavy atom. The lowest BCUT2D eigenvalue weighted by Crippen LogP contribution is -2.67. The molecule has 0 amide bonds. The summed E-state index contributed by atoms with van der Waals surface area (Å²) < 4.78 is 6.29. The number of benzene rings is 1. The molecule has 6 rings (SSSR count). The van der Waals surface area contributed by atoms with Crippen molar-refractivity contribution in [2.45, 2.75) is 124 Å². The van der Waals surface area contributed by atoms with E-state index in [0.29, 0.717) is 30.1 Å². The molecule has 3 N–H and O–H groups in total. The molecule has 5 aliphatic rings. The Morgan fingerprint density at radius 3 is 2.27 bits per heavy atom. The van der Waals surface area contributed by atoms with Crippen LogP contribution in [-0.2, 0) is 20.7 Å². The average Bonchev–Trinajstić information content (AvgIpc) is 3.37. The van der Waals surface area contributed by atoms with Crippen molar-refractivity contribution in [1.82, 2.24) is 0 Å². The molecule has 1 aromatic rings. The number of hydrogen-bond acceptors (Lipinski definition) is 4. The van der Waals surface area contributed by atoms with E-state index in [0.717, 1.165) is 63.4 Å². The largest absolute Gasteiger partial charge is 0.481 e. The standard InChI is InChI=1S/C39H57NO4/c1-24(2)26-15-20-39(34(42)43)22-21-37(6)27(32(26)39)13-14-30-36(5)18-17-31(35(3,4)29(36)16-19-38(30,37)7)44-33(41)28(40)23-25-11-9-8-10-12-25/h8-12,26-32H,1,13-23,40H2,2-7H3,(H,42,43)/t26-,27+,28-,29-,30+,31-,32+,36-,37+,38+,39-/m0/s1. The molecule has 0 aliphatic heterocycles. The fraction of sp³-hybridized carbons (Fsp3) is 0.744. The summed E-state index contributed by atoms with van der Waals surface area (Å²) in [5.41, 5.74) is 8.32. The number of hydrogen-bond donors (Lipinski definition) is 2. The number of nitrogens with two attached hydrogens (primary N) is 1. The van der Waals surface area contributed by atoms with Crippen LogP contribution >= 0.6 is 0 Å². The number of esters is 1. The molecule has 0 heterocycles. The van der Waals surface area contributed by atoms with Crippen molar-refractivity contribution in [2.75, 3.05) is 0 Å². The number of carboxylic acid groups (broad SMARTS) is 1. The van der Waals surface area contributed by atoms with Gasteiger partial charge in [0, 0.05) is 5.41 Å². The number of aliphatic carboxylic acids is 1. The van der Waals surface area contributed by atoms with Gasteiger partial charge in [0.25, 0.3) is 0 Å². The molecular weight excluding hydrogens is 546 g/mol. The van der Waals surface area contributed by atoms with Crippen LogP contribution in [0.4, 0.5) is 0 Å². The lowest BCUT2D eigenvalue weighted by Gasteiger charge is -2.72. The van der Waals surface area contributed by atoms with Crippen molar-refractivity contribution in [1.29, 1.82) is 0 Å². The fourth-order valence-electron chi connectivity index (χ4n) is 12.9. The van der Waals surface area contributed by atoms with Gasteiger partial charge in [-0.05, 0) is 129 Å². The van der Waals surface area contributed by atoms with Gasteiger partial charge in [0.05, 0.1) is 5.41 Å². The summed E-state index contributed by atoms with van der Waals surface area (Å²) in [6.07, 6.45) is 10.5. The first-order valence-corrected chi connectivity index (χ1v) is 17.5. The van der Waals surface area contributed by atoms with E-state index in [2.05, 4.69) is 48.1 Å². The van der Waals surface area contributed by atoms with Crippen LogP contribution in [0.2, 0.25) is 0 Å². The Morgan fingerprint density at radius 2 is 1.61 bits per heavy atom. The summed E-state index contributed by atoms with van der Waals surface area (Å²) in [5.74, 6) is 1.14. The molecule has 0 spiro atoms. The Hall–Kier alpha value is -2.14. The van der Waals surface area contributed by atoms with Gasteiger partial charge in [0.15, 0.2) is 0 Å². The minimum atomic E-state index is -0.658. The number of rotatable bonds is 6. The second-order valence-electron chi connectivity index (χ2n) is 17.2. The number of carboxylic acids is 1. The zero-order chi connectivity index (χ0) is 31.9. The van der Waals surface area contributed by atoms with E-state index in [-0.39, 0.29) is 39.7 Å². The monoisotopic (exact) mass is 603 g/mol. The third kappa shape index (κ3) is 4.41. The Bertz CT molecular complexity index is 1310. The lowest BCUT2D eigenvalue weighted by molar-refractivity contribution is -0.250. The molecule has 0 unspecified atom stereocenters. The molecule has 0 radical (unpaired) electrons. The SMILES string of the molecule is C=C(C)[C@@H]1CC[C@]2(C(=O)O)CC[C@]3(C)[C@H](CC[C@@H]4[C@@]5(C)CC[C@H](OC(=O)[C@@H](N)Cc6ccccc6)C(C)(C)[C@@H]5CC[C@]43C)[C@@H]12. The van der Waals surface area contributed by atoms with Crippen molar-refractivity contribution >= 4 is 11.9 Å². The summed E-state index contributed by atoms with van der Waals surface area (Å²) in [5, 5.41) is 10.6. The highest BCUT2D eigenvalue weighted by atomic mass is 16.5. The fourth-order valence-corrected chi connectivity index (χ4v) is 12.9. The molecular formula is C39H57NO4. The van der Waals surface area contributed by atoms with Gasteiger partial charge in [0.2, 0.25) is 0 Å². The van der Waals surface area contributed by atoms with Gasteiger partial charge < -0.3 is 15.6 Å². The smallest absolute Gasteiger partial charge is 0.323 e. The van der Waals surface area contributed by atoms with Crippen LogP contribution < -0.4 is 5.73 Å². The molecule has 1 aromatic carbocycles. The minimum Gasteiger partial charge on any atom is -0.481 e. The van der Waals surface area contributed by atoms with Gasteiger partial charge >= 0.3 is 11.9 Å². The first-order chi connectivity index (χ1) is 20.6. The summed E-state index contributed by atoms with van der Waals surface area (Å²) in [6, 6.07) is 9.29. The van der Waals surface area contributed by atoms with Crippen LogP contribution in [-0.4, -0.2) is 29.2 Å².